The molecule has 2 nitrogen and oxygen atoms in total. The van der Waals surface area contributed by atoms with Crippen molar-refractivity contribution in [1.29, 1.82) is 0 Å². The molecule has 1 atom stereocenters. The van der Waals surface area contributed by atoms with E-state index in [-0.39, 0.29) is 0 Å². The van der Waals surface area contributed by atoms with Crippen LogP contribution in [0.5, 0.6) is 0 Å². The molecule has 1 fully saturated rings. The van der Waals surface area contributed by atoms with Crippen LogP contribution in [0.2, 0.25) is 0 Å². The minimum atomic E-state index is -0.611. The Kier molecular flexibility index (Phi) is 3.80. The summed E-state index contributed by atoms with van der Waals surface area (Å²) in [6, 6.07) is 0. The van der Waals surface area contributed by atoms with Crippen molar-refractivity contribution >= 4 is 0 Å². The highest BCUT2D eigenvalue weighted by Crippen LogP contribution is 2.11. The zero-order chi connectivity index (χ0) is 8.10. The fourth-order valence-electron chi connectivity index (χ4n) is 1.42. The Morgan fingerprint density at radius 2 is 2.45 bits per heavy atom. The molecule has 0 saturated carbocycles. The van der Waals surface area contributed by atoms with Crippen molar-refractivity contribution in [2.45, 2.75) is 19.0 Å². The first-order valence-corrected chi connectivity index (χ1v) is 4.18. The summed E-state index contributed by atoms with van der Waals surface area (Å²) in [6.07, 6.45) is 1.12. The van der Waals surface area contributed by atoms with E-state index in [1.54, 1.807) is 7.11 Å². The van der Waals surface area contributed by atoms with Gasteiger partial charge in [0.05, 0.1) is 6.61 Å². The monoisotopic (exact) mass is 161 g/mol. The lowest BCUT2D eigenvalue weighted by Crippen LogP contribution is -2.38. The van der Waals surface area contributed by atoms with Crippen LogP contribution in [-0.2, 0) is 4.74 Å². The third kappa shape index (κ3) is 3.16. The zero-order valence-corrected chi connectivity index (χ0v) is 7.05. The Hall–Kier alpha value is -0.150. The number of likely N-dealkylation sites (tertiary alicyclic amines) is 1. The van der Waals surface area contributed by atoms with Gasteiger partial charge < -0.3 is 4.74 Å². The van der Waals surface area contributed by atoms with E-state index in [2.05, 4.69) is 4.90 Å². The first kappa shape index (κ1) is 8.94. The second kappa shape index (κ2) is 4.67. The van der Waals surface area contributed by atoms with Gasteiger partial charge in [0.2, 0.25) is 0 Å². The number of hydrogen-bond donors (Lipinski definition) is 0. The van der Waals surface area contributed by atoms with Gasteiger partial charge in [0.15, 0.2) is 0 Å². The summed E-state index contributed by atoms with van der Waals surface area (Å²) < 4.78 is 17.7. The summed E-state index contributed by atoms with van der Waals surface area (Å²) in [5, 5.41) is 0. The van der Waals surface area contributed by atoms with Gasteiger partial charge in [0, 0.05) is 20.2 Å². The van der Waals surface area contributed by atoms with Crippen molar-refractivity contribution in [3.05, 3.63) is 0 Å². The fraction of sp³-hybridized carbons (Fsp3) is 1.00. The van der Waals surface area contributed by atoms with Gasteiger partial charge in [-0.25, -0.2) is 4.39 Å². The fourth-order valence-corrected chi connectivity index (χ4v) is 1.42. The molecule has 0 N–H and O–H groups in total. The number of piperidine rings is 1. The summed E-state index contributed by atoms with van der Waals surface area (Å²) >= 11 is 0. The highest BCUT2D eigenvalue weighted by Gasteiger charge is 2.17. The highest BCUT2D eigenvalue weighted by molar-refractivity contribution is 4.71. The molecule has 1 aliphatic heterocycles. The molecule has 0 radical (unpaired) electrons. The van der Waals surface area contributed by atoms with Crippen LogP contribution in [-0.4, -0.2) is 44.4 Å². The Labute approximate surface area is 67.3 Å². The smallest absolute Gasteiger partial charge is 0.113 e. The van der Waals surface area contributed by atoms with Crippen LogP contribution in [0.3, 0.4) is 0 Å². The molecule has 0 aromatic rings. The van der Waals surface area contributed by atoms with Crippen LogP contribution in [0.4, 0.5) is 4.39 Å². The number of rotatable bonds is 3. The van der Waals surface area contributed by atoms with Gasteiger partial charge in [-0.15, -0.1) is 0 Å². The molecule has 66 valence electrons. The van der Waals surface area contributed by atoms with E-state index in [4.69, 9.17) is 4.74 Å². The number of nitrogens with zero attached hydrogens (tertiary/aromatic N) is 1. The Morgan fingerprint density at radius 1 is 1.64 bits per heavy atom. The van der Waals surface area contributed by atoms with Crippen molar-refractivity contribution in [3.63, 3.8) is 0 Å². The summed E-state index contributed by atoms with van der Waals surface area (Å²) in [7, 11) is 1.68. The maximum absolute atomic E-state index is 12.8. The summed E-state index contributed by atoms with van der Waals surface area (Å²) in [4.78, 5) is 2.12. The van der Waals surface area contributed by atoms with Crippen molar-refractivity contribution in [1.82, 2.24) is 4.90 Å². The van der Waals surface area contributed by atoms with Crippen molar-refractivity contribution < 1.29 is 9.13 Å². The molecule has 0 aliphatic carbocycles. The number of hydrogen-bond acceptors (Lipinski definition) is 2. The van der Waals surface area contributed by atoms with E-state index in [1.807, 2.05) is 0 Å². The average Bonchev–Trinajstić information content (AvgIpc) is 2.01. The first-order chi connectivity index (χ1) is 5.33. The van der Waals surface area contributed by atoms with Gasteiger partial charge in [-0.05, 0) is 19.4 Å². The Balaban J connectivity index is 2.12. The Bertz CT molecular complexity index is 110. The van der Waals surface area contributed by atoms with E-state index < -0.39 is 6.17 Å². The van der Waals surface area contributed by atoms with Crippen LogP contribution in [0.25, 0.3) is 0 Å². The molecule has 1 aliphatic rings. The van der Waals surface area contributed by atoms with Gasteiger partial charge in [-0.2, -0.15) is 0 Å². The molecule has 0 aromatic carbocycles. The van der Waals surface area contributed by atoms with Crippen LogP contribution >= 0.6 is 0 Å². The van der Waals surface area contributed by atoms with Gasteiger partial charge in [0.1, 0.15) is 6.17 Å². The third-order valence-corrected chi connectivity index (χ3v) is 2.06. The third-order valence-electron chi connectivity index (χ3n) is 2.06. The second-order valence-corrected chi connectivity index (χ2v) is 3.03. The maximum atomic E-state index is 12.8. The van der Waals surface area contributed by atoms with E-state index in [1.165, 1.54) is 0 Å². The predicted octanol–water partition coefficient (Wildman–Crippen LogP) is 1.07. The molecule has 3 heteroatoms. The lowest BCUT2D eigenvalue weighted by atomic mass is 10.1. The molecule has 1 saturated heterocycles. The largest absolute Gasteiger partial charge is 0.383 e. The summed E-state index contributed by atoms with van der Waals surface area (Å²) in [6.45, 7) is 3.22. The number of ether oxygens (including phenoxy) is 1. The molecule has 0 amide bonds. The second-order valence-electron chi connectivity index (χ2n) is 3.03. The van der Waals surface area contributed by atoms with Crippen LogP contribution in [0, 0.1) is 0 Å². The number of methoxy groups -OCH3 is 1. The molecule has 1 heterocycles. The lowest BCUT2D eigenvalue weighted by molar-refractivity contribution is 0.0990. The highest BCUT2D eigenvalue weighted by atomic mass is 19.1. The molecular formula is C8H16FNO. The molecule has 0 bridgehead atoms. The van der Waals surface area contributed by atoms with Crippen LogP contribution in [0.15, 0.2) is 0 Å². The average molecular weight is 161 g/mol. The zero-order valence-electron chi connectivity index (χ0n) is 7.05. The molecule has 11 heavy (non-hydrogen) atoms. The molecule has 1 rings (SSSR count). The van der Waals surface area contributed by atoms with E-state index in [0.717, 1.165) is 25.9 Å². The number of halogens is 1. The van der Waals surface area contributed by atoms with E-state index >= 15 is 0 Å². The van der Waals surface area contributed by atoms with Crippen LogP contribution in [0.1, 0.15) is 12.8 Å². The topological polar surface area (TPSA) is 12.5 Å². The minimum Gasteiger partial charge on any atom is -0.383 e. The van der Waals surface area contributed by atoms with Gasteiger partial charge in [0.25, 0.3) is 0 Å². The molecule has 0 aromatic heterocycles. The standard InChI is InChI=1S/C8H16FNO/c1-11-6-5-10-4-2-3-8(9)7-10/h8H,2-7H2,1H3/t8-/m0/s1. The van der Waals surface area contributed by atoms with Crippen molar-refractivity contribution in [2.24, 2.45) is 0 Å². The lowest BCUT2D eigenvalue weighted by Gasteiger charge is -2.28. The molecular weight excluding hydrogens is 145 g/mol. The molecule has 0 unspecified atom stereocenters. The number of alkyl halides is 1. The maximum Gasteiger partial charge on any atom is 0.113 e. The quantitative estimate of drug-likeness (QED) is 0.614. The normalized spacial score (nSPS) is 27.3. The predicted molar refractivity (Wildman–Crippen MR) is 42.4 cm³/mol. The van der Waals surface area contributed by atoms with E-state index in [9.17, 15) is 4.39 Å². The van der Waals surface area contributed by atoms with Crippen LogP contribution < -0.4 is 0 Å². The van der Waals surface area contributed by atoms with Crippen molar-refractivity contribution in [2.75, 3.05) is 33.4 Å². The summed E-state index contributed by atoms with van der Waals surface area (Å²) in [5.74, 6) is 0. The van der Waals surface area contributed by atoms with Crippen molar-refractivity contribution in [3.8, 4) is 0 Å². The van der Waals surface area contributed by atoms with Gasteiger partial charge in [-0.1, -0.05) is 0 Å². The van der Waals surface area contributed by atoms with Gasteiger partial charge >= 0.3 is 0 Å². The van der Waals surface area contributed by atoms with E-state index in [0.29, 0.717) is 13.2 Å². The first-order valence-electron chi connectivity index (χ1n) is 4.18. The SMILES string of the molecule is COCCN1CCC[C@H](F)C1. The minimum absolute atomic E-state index is 0.601. The summed E-state index contributed by atoms with van der Waals surface area (Å²) in [5.41, 5.74) is 0. The van der Waals surface area contributed by atoms with Gasteiger partial charge in [-0.3, -0.25) is 4.90 Å². The Morgan fingerprint density at radius 3 is 3.09 bits per heavy atom. The molecule has 0 spiro atoms.